The Morgan fingerprint density at radius 3 is 2.38 bits per heavy atom. The maximum atomic E-state index is 10.7. The van der Waals surface area contributed by atoms with Crippen molar-refractivity contribution >= 4 is 17.3 Å². The van der Waals surface area contributed by atoms with Crippen LogP contribution in [0, 0.1) is 0 Å². The minimum Gasteiger partial charge on any atom is -0.478 e. The third-order valence-corrected chi connectivity index (χ3v) is 3.12. The van der Waals surface area contributed by atoms with Crippen molar-refractivity contribution in [2.24, 2.45) is 5.73 Å². The zero-order valence-electron chi connectivity index (χ0n) is 8.46. The molecule has 0 radical (unpaired) electrons. The average molecular weight is 233 g/mol. The van der Waals surface area contributed by atoms with Crippen LogP contribution in [0.1, 0.15) is 27.5 Å². The highest BCUT2D eigenvalue weighted by molar-refractivity contribution is 7.08. The molecule has 1 atom stereocenters. The molecule has 0 amide bonds. The van der Waals surface area contributed by atoms with Gasteiger partial charge in [-0.1, -0.05) is 12.1 Å². The molecule has 0 aliphatic rings. The number of benzene rings is 1. The largest absolute Gasteiger partial charge is 0.478 e. The van der Waals surface area contributed by atoms with Gasteiger partial charge >= 0.3 is 5.97 Å². The number of carboxylic acid groups (broad SMARTS) is 1. The molecule has 3 nitrogen and oxygen atoms in total. The van der Waals surface area contributed by atoms with Crippen LogP contribution in [-0.2, 0) is 0 Å². The molecule has 1 aromatic heterocycles. The highest BCUT2D eigenvalue weighted by Crippen LogP contribution is 2.21. The predicted molar refractivity (Wildman–Crippen MR) is 63.8 cm³/mol. The number of aromatic carboxylic acids is 1. The number of carboxylic acids is 1. The summed E-state index contributed by atoms with van der Waals surface area (Å²) in [7, 11) is 0. The van der Waals surface area contributed by atoms with Gasteiger partial charge in [-0.25, -0.2) is 4.79 Å². The Labute approximate surface area is 97.2 Å². The lowest BCUT2D eigenvalue weighted by molar-refractivity contribution is 0.0697. The summed E-state index contributed by atoms with van der Waals surface area (Å²) in [5.74, 6) is -0.921. The van der Waals surface area contributed by atoms with Crippen LogP contribution in [-0.4, -0.2) is 11.1 Å². The van der Waals surface area contributed by atoms with Crippen LogP contribution < -0.4 is 5.73 Å². The van der Waals surface area contributed by atoms with Gasteiger partial charge in [-0.3, -0.25) is 0 Å². The van der Waals surface area contributed by atoms with E-state index < -0.39 is 5.97 Å². The quantitative estimate of drug-likeness (QED) is 0.856. The lowest BCUT2D eigenvalue weighted by Gasteiger charge is -2.10. The topological polar surface area (TPSA) is 63.3 Å². The van der Waals surface area contributed by atoms with Crippen LogP contribution in [0.25, 0.3) is 0 Å². The van der Waals surface area contributed by atoms with Crippen molar-refractivity contribution in [3.05, 3.63) is 57.8 Å². The van der Waals surface area contributed by atoms with E-state index in [1.165, 1.54) is 0 Å². The summed E-state index contributed by atoms with van der Waals surface area (Å²) in [6, 6.07) is 8.44. The molecule has 2 rings (SSSR count). The van der Waals surface area contributed by atoms with Gasteiger partial charge in [0.05, 0.1) is 11.6 Å². The van der Waals surface area contributed by atoms with Crippen LogP contribution in [0.5, 0.6) is 0 Å². The fraction of sp³-hybridized carbons (Fsp3) is 0.0833. The van der Waals surface area contributed by atoms with Crippen molar-refractivity contribution in [2.45, 2.75) is 6.04 Å². The van der Waals surface area contributed by atoms with E-state index in [1.54, 1.807) is 35.6 Å². The van der Waals surface area contributed by atoms with Crippen LogP contribution in [0.15, 0.2) is 41.1 Å². The number of rotatable bonds is 3. The molecule has 82 valence electrons. The van der Waals surface area contributed by atoms with Crippen LogP contribution in [0.4, 0.5) is 0 Å². The molecule has 0 aliphatic heterocycles. The van der Waals surface area contributed by atoms with E-state index >= 15 is 0 Å². The van der Waals surface area contributed by atoms with E-state index in [2.05, 4.69) is 0 Å². The molecule has 0 bridgehead atoms. The second kappa shape index (κ2) is 4.47. The van der Waals surface area contributed by atoms with Gasteiger partial charge in [0.1, 0.15) is 0 Å². The van der Waals surface area contributed by atoms with Crippen molar-refractivity contribution in [1.82, 2.24) is 0 Å². The van der Waals surface area contributed by atoms with Crippen LogP contribution >= 0.6 is 11.3 Å². The summed E-state index contributed by atoms with van der Waals surface area (Å²) < 4.78 is 0. The smallest absolute Gasteiger partial charge is 0.335 e. The Bertz CT molecular complexity index is 476. The number of carbonyl (C=O) groups is 1. The molecule has 16 heavy (non-hydrogen) atoms. The van der Waals surface area contributed by atoms with Crippen molar-refractivity contribution in [2.75, 3.05) is 0 Å². The molecule has 0 aliphatic carbocycles. The van der Waals surface area contributed by atoms with Gasteiger partial charge in [0.15, 0.2) is 0 Å². The van der Waals surface area contributed by atoms with Crippen molar-refractivity contribution in [3.8, 4) is 0 Å². The summed E-state index contributed by atoms with van der Waals surface area (Å²) in [6.07, 6.45) is 0. The van der Waals surface area contributed by atoms with Gasteiger partial charge in [0, 0.05) is 0 Å². The first-order valence-electron chi connectivity index (χ1n) is 4.79. The summed E-state index contributed by atoms with van der Waals surface area (Å²) in [5.41, 5.74) is 8.29. The van der Waals surface area contributed by atoms with Crippen LogP contribution in [0.2, 0.25) is 0 Å². The molecule has 0 unspecified atom stereocenters. The first kappa shape index (κ1) is 10.9. The summed E-state index contributed by atoms with van der Waals surface area (Å²) in [4.78, 5) is 10.7. The molecule has 2 aromatic rings. The number of nitrogens with two attached hydrogens (primary N) is 1. The van der Waals surface area contributed by atoms with Gasteiger partial charge in [0.25, 0.3) is 0 Å². The second-order valence-corrected chi connectivity index (χ2v) is 4.24. The Morgan fingerprint density at radius 1 is 1.19 bits per heavy atom. The third kappa shape index (κ3) is 2.13. The fourth-order valence-electron chi connectivity index (χ4n) is 1.48. The molecule has 0 spiro atoms. The maximum absolute atomic E-state index is 10.7. The lowest BCUT2D eigenvalue weighted by atomic mass is 10.0. The van der Waals surface area contributed by atoms with Crippen LogP contribution in [0.3, 0.4) is 0 Å². The van der Waals surface area contributed by atoms with Gasteiger partial charge in [-0.2, -0.15) is 11.3 Å². The number of thiophene rings is 1. The van der Waals surface area contributed by atoms with E-state index in [0.29, 0.717) is 0 Å². The van der Waals surface area contributed by atoms with E-state index in [0.717, 1.165) is 11.1 Å². The zero-order valence-corrected chi connectivity index (χ0v) is 9.28. The van der Waals surface area contributed by atoms with Gasteiger partial charge in [0.2, 0.25) is 0 Å². The number of hydrogen-bond donors (Lipinski definition) is 2. The Morgan fingerprint density at radius 2 is 1.88 bits per heavy atom. The van der Waals surface area contributed by atoms with E-state index in [-0.39, 0.29) is 11.6 Å². The van der Waals surface area contributed by atoms with E-state index in [9.17, 15) is 4.79 Å². The molecule has 4 heteroatoms. The molecule has 1 aromatic carbocycles. The van der Waals surface area contributed by atoms with Gasteiger partial charge in [-0.05, 0) is 40.1 Å². The van der Waals surface area contributed by atoms with Gasteiger partial charge < -0.3 is 10.8 Å². The second-order valence-electron chi connectivity index (χ2n) is 3.46. The molecule has 3 N–H and O–H groups in total. The van der Waals surface area contributed by atoms with E-state index in [4.69, 9.17) is 10.8 Å². The molecule has 0 fully saturated rings. The van der Waals surface area contributed by atoms with Gasteiger partial charge in [-0.15, -0.1) is 0 Å². The molecule has 0 saturated carbocycles. The molecule has 1 heterocycles. The number of hydrogen-bond acceptors (Lipinski definition) is 3. The molecular weight excluding hydrogens is 222 g/mol. The fourth-order valence-corrected chi connectivity index (χ4v) is 2.17. The monoisotopic (exact) mass is 233 g/mol. The standard InChI is InChI=1S/C12H11NO2S/c13-11(10-5-6-16-7-10)8-1-3-9(4-2-8)12(14)15/h1-7,11H,13H2,(H,14,15)/t11-/m1/s1. The summed E-state index contributed by atoms with van der Waals surface area (Å²) >= 11 is 1.60. The Kier molecular flexibility index (Phi) is 3.03. The minimum absolute atomic E-state index is 0.186. The first-order chi connectivity index (χ1) is 7.68. The molecule has 0 saturated heterocycles. The molecular formula is C12H11NO2S. The minimum atomic E-state index is -0.921. The van der Waals surface area contributed by atoms with Crippen molar-refractivity contribution < 1.29 is 9.90 Å². The maximum Gasteiger partial charge on any atom is 0.335 e. The SMILES string of the molecule is N[C@H](c1ccc(C(=O)O)cc1)c1ccsc1. The normalized spacial score (nSPS) is 12.3. The summed E-state index contributed by atoms with van der Waals surface area (Å²) in [6.45, 7) is 0. The first-order valence-corrected chi connectivity index (χ1v) is 5.73. The highest BCUT2D eigenvalue weighted by atomic mass is 32.1. The Hall–Kier alpha value is -1.65. The van der Waals surface area contributed by atoms with Crippen molar-refractivity contribution in [3.63, 3.8) is 0 Å². The van der Waals surface area contributed by atoms with Crippen molar-refractivity contribution in [1.29, 1.82) is 0 Å². The highest BCUT2D eigenvalue weighted by Gasteiger charge is 2.10. The average Bonchev–Trinajstić information content (AvgIpc) is 2.81. The third-order valence-electron chi connectivity index (χ3n) is 2.42. The zero-order chi connectivity index (χ0) is 11.5. The summed E-state index contributed by atoms with van der Waals surface area (Å²) in [5, 5.41) is 12.7. The van der Waals surface area contributed by atoms with E-state index in [1.807, 2.05) is 16.8 Å². The lowest BCUT2D eigenvalue weighted by Crippen LogP contribution is -2.11. The predicted octanol–water partition coefficient (Wildman–Crippen LogP) is 2.49. The Balaban J connectivity index is 2.25.